The maximum absolute atomic E-state index is 12.5. The molecule has 7 heteroatoms. The number of aliphatic hydroxyl groups is 1. The van der Waals surface area contributed by atoms with Gasteiger partial charge in [0, 0.05) is 29.9 Å². The molecule has 1 fully saturated rings. The summed E-state index contributed by atoms with van der Waals surface area (Å²) in [6.07, 6.45) is 2.19. The lowest BCUT2D eigenvalue weighted by Gasteiger charge is -2.27. The van der Waals surface area contributed by atoms with Crippen LogP contribution in [0.4, 0.5) is 0 Å². The summed E-state index contributed by atoms with van der Waals surface area (Å²) >= 11 is 1.28. The zero-order chi connectivity index (χ0) is 14.8. The second-order valence-corrected chi connectivity index (χ2v) is 8.16. The molecule has 1 atom stereocenters. The van der Waals surface area contributed by atoms with Gasteiger partial charge < -0.3 is 5.11 Å². The van der Waals surface area contributed by atoms with E-state index < -0.39 is 10.0 Å². The smallest absolute Gasteiger partial charge is 0.243 e. The topological polar surface area (TPSA) is 60.9 Å². The molecule has 1 N–H and O–H groups in total. The van der Waals surface area contributed by atoms with E-state index in [1.165, 1.54) is 15.6 Å². The van der Waals surface area contributed by atoms with Crippen molar-refractivity contribution in [1.82, 2.24) is 9.21 Å². The van der Waals surface area contributed by atoms with Gasteiger partial charge >= 0.3 is 0 Å². The van der Waals surface area contributed by atoms with Gasteiger partial charge in [-0.1, -0.05) is 6.92 Å². The van der Waals surface area contributed by atoms with Crippen molar-refractivity contribution in [1.29, 1.82) is 0 Å². The average molecular weight is 318 g/mol. The number of nitrogens with zero attached hydrogens (tertiary/aromatic N) is 2. The van der Waals surface area contributed by atoms with Crippen molar-refractivity contribution in [3.63, 3.8) is 0 Å². The number of hydrogen-bond donors (Lipinski definition) is 1. The Kier molecular flexibility index (Phi) is 5.19. The van der Waals surface area contributed by atoms with Crippen LogP contribution in [0.2, 0.25) is 0 Å². The fraction of sp³-hybridized carbons (Fsp3) is 0.692. The van der Waals surface area contributed by atoms with Crippen molar-refractivity contribution < 1.29 is 13.5 Å². The van der Waals surface area contributed by atoms with E-state index in [-0.39, 0.29) is 11.5 Å². The normalized spacial score (nSPS) is 20.9. The van der Waals surface area contributed by atoms with Gasteiger partial charge in [-0.25, -0.2) is 8.42 Å². The molecule has 1 aromatic rings. The summed E-state index contributed by atoms with van der Waals surface area (Å²) in [5.74, 6) is 0. The standard InChI is InChI=1S/C13H22N2O3S2/c1-3-15-6-4-5-11(15)8-14(2)20(17,18)13-7-12(9-16)19-10-13/h7,10-11,16H,3-6,8-9H2,1-2H3. The molecule has 1 unspecified atom stereocenters. The summed E-state index contributed by atoms with van der Waals surface area (Å²) in [4.78, 5) is 3.29. The Morgan fingerprint density at radius 2 is 2.30 bits per heavy atom. The molecule has 2 heterocycles. The number of likely N-dealkylation sites (tertiary alicyclic amines) is 1. The monoisotopic (exact) mass is 318 g/mol. The van der Waals surface area contributed by atoms with Gasteiger partial charge in [-0.15, -0.1) is 11.3 Å². The molecule has 20 heavy (non-hydrogen) atoms. The lowest BCUT2D eigenvalue weighted by Crippen LogP contribution is -2.41. The van der Waals surface area contributed by atoms with Crippen LogP contribution in [0.3, 0.4) is 0 Å². The van der Waals surface area contributed by atoms with E-state index in [0.29, 0.717) is 17.5 Å². The lowest BCUT2D eigenvalue weighted by atomic mass is 10.2. The first-order valence-electron chi connectivity index (χ1n) is 6.87. The number of aliphatic hydroxyl groups excluding tert-OH is 1. The molecule has 0 spiro atoms. The third-order valence-corrected chi connectivity index (χ3v) is 6.74. The van der Waals surface area contributed by atoms with Gasteiger partial charge in [-0.2, -0.15) is 4.31 Å². The Morgan fingerprint density at radius 3 is 2.90 bits per heavy atom. The van der Waals surface area contributed by atoms with E-state index in [4.69, 9.17) is 5.11 Å². The zero-order valence-electron chi connectivity index (χ0n) is 11.9. The van der Waals surface area contributed by atoms with Crippen LogP contribution in [0, 0.1) is 0 Å². The molecule has 114 valence electrons. The summed E-state index contributed by atoms with van der Waals surface area (Å²) < 4.78 is 26.4. The van der Waals surface area contributed by atoms with E-state index in [1.807, 2.05) is 0 Å². The summed E-state index contributed by atoms with van der Waals surface area (Å²) in [7, 11) is -1.80. The van der Waals surface area contributed by atoms with Crippen LogP contribution in [-0.4, -0.2) is 55.5 Å². The first-order chi connectivity index (χ1) is 9.48. The van der Waals surface area contributed by atoms with Crippen molar-refractivity contribution in [2.75, 3.05) is 26.7 Å². The van der Waals surface area contributed by atoms with E-state index in [2.05, 4.69) is 11.8 Å². The second kappa shape index (κ2) is 6.53. The fourth-order valence-electron chi connectivity index (χ4n) is 2.67. The summed E-state index contributed by atoms with van der Waals surface area (Å²) in [5, 5.41) is 10.6. The quantitative estimate of drug-likeness (QED) is 0.860. The Morgan fingerprint density at radius 1 is 1.55 bits per heavy atom. The van der Waals surface area contributed by atoms with Crippen LogP contribution in [-0.2, 0) is 16.6 Å². The molecular formula is C13H22N2O3S2. The van der Waals surface area contributed by atoms with Gasteiger partial charge in [0.2, 0.25) is 10.0 Å². The maximum atomic E-state index is 12.5. The van der Waals surface area contributed by atoms with Gasteiger partial charge in [0.1, 0.15) is 0 Å². The van der Waals surface area contributed by atoms with E-state index in [0.717, 1.165) is 25.9 Å². The Hall–Kier alpha value is -0.470. The minimum atomic E-state index is -3.44. The molecule has 0 radical (unpaired) electrons. The highest BCUT2D eigenvalue weighted by molar-refractivity contribution is 7.89. The number of likely N-dealkylation sites (N-methyl/N-ethyl adjacent to an activating group) is 2. The van der Waals surface area contributed by atoms with Gasteiger partial charge in [0.05, 0.1) is 11.5 Å². The van der Waals surface area contributed by atoms with Crippen molar-refractivity contribution in [2.45, 2.75) is 37.3 Å². The molecule has 2 rings (SSSR count). The molecule has 0 aromatic carbocycles. The second-order valence-electron chi connectivity index (χ2n) is 5.12. The van der Waals surface area contributed by atoms with Gasteiger partial charge in [-0.05, 0) is 32.0 Å². The minimum absolute atomic E-state index is 0.115. The highest BCUT2D eigenvalue weighted by atomic mass is 32.2. The molecule has 1 aliphatic rings. The van der Waals surface area contributed by atoms with Crippen molar-refractivity contribution >= 4 is 21.4 Å². The van der Waals surface area contributed by atoms with Crippen LogP contribution in [0.15, 0.2) is 16.3 Å². The Labute approximate surface area is 124 Å². The van der Waals surface area contributed by atoms with Crippen LogP contribution in [0.5, 0.6) is 0 Å². The van der Waals surface area contributed by atoms with Gasteiger partial charge in [0.15, 0.2) is 0 Å². The molecule has 1 aliphatic heterocycles. The Balaban J connectivity index is 2.09. The summed E-state index contributed by atoms with van der Waals surface area (Å²) in [6, 6.07) is 1.87. The molecule has 0 aliphatic carbocycles. The fourth-order valence-corrected chi connectivity index (χ4v) is 5.00. The molecule has 1 saturated heterocycles. The highest BCUT2D eigenvalue weighted by Crippen LogP contribution is 2.24. The van der Waals surface area contributed by atoms with Crippen LogP contribution in [0.1, 0.15) is 24.6 Å². The minimum Gasteiger partial charge on any atom is -0.391 e. The van der Waals surface area contributed by atoms with Crippen LogP contribution >= 0.6 is 11.3 Å². The highest BCUT2D eigenvalue weighted by Gasteiger charge is 2.29. The molecule has 5 nitrogen and oxygen atoms in total. The van der Waals surface area contributed by atoms with Crippen molar-refractivity contribution in [2.24, 2.45) is 0 Å². The predicted molar refractivity (Wildman–Crippen MR) is 80.3 cm³/mol. The molecule has 1 aromatic heterocycles. The maximum Gasteiger partial charge on any atom is 0.243 e. The average Bonchev–Trinajstić information content (AvgIpc) is 3.07. The molecule has 0 bridgehead atoms. The lowest BCUT2D eigenvalue weighted by molar-refractivity contribution is 0.237. The van der Waals surface area contributed by atoms with E-state index in [9.17, 15) is 8.42 Å². The van der Waals surface area contributed by atoms with Crippen LogP contribution < -0.4 is 0 Å². The number of thiophene rings is 1. The number of rotatable bonds is 6. The van der Waals surface area contributed by atoms with Gasteiger partial charge in [0.25, 0.3) is 0 Å². The zero-order valence-corrected chi connectivity index (χ0v) is 13.6. The SMILES string of the molecule is CCN1CCCC1CN(C)S(=O)(=O)c1csc(CO)c1. The molecule has 0 saturated carbocycles. The third-order valence-electron chi connectivity index (χ3n) is 3.87. The third kappa shape index (κ3) is 3.23. The van der Waals surface area contributed by atoms with Gasteiger partial charge in [-0.3, -0.25) is 4.90 Å². The van der Waals surface area contributed by atoms with E-state index >= 15 is 0 Å². The molecular weight excluding hydrogens is 296 g/mol. The van der Waals surface area contributed by atoms with Crippen molar-refractivity contribution in [3.05, 3.63) is 16.3 Å². The Bertz CT molecular complexity index is 542. The summed E-state index contributed by atoms with van der Waals surface area (Å²) in [5.41, 5.74) is 0. The number of hydrogen-bond acceptors (Lipinski definition) is 5. The number of sulfonamides is 1. The van der Waals surface area contributed by atoms with E-state index in [1.54, 1.807) is 18.5 Å². The predicted octanol–water partition coefficient (Wildman–Crippen LogP) is 1.35. The largest absolute Gasteiger partial charge is 0.391 e. The molecule has 0 amide bonds. The van der Waals surface area contributed by atoms with Crippen molar-refractivity contribution in [3.8, 4) is 0 Å². The first-order valence-corrected chi connectivity index (χ1v) is 9.19. The summed E-state index contributed by atoms with van der Waals surface area (Å²) in [6.45, 7) is 4.55. The first kappa shape index (κ1) is 15.9. The van der Waals surface area contributed by atoms with Crippen LogP contribution in [0.25, 0.3) is 0 Å².